The van der Waals surface area contributed by atoms with Gasteiger partial charge < -0.3 is 10.7 Å². The fraction of sp³-hybridized carbons (Fsp3) is 0.188. The number of hydrogen-bond donors (Lipinski definition) is 2. The number of nitrogens with zero attached hydrogens (tertiary/aromatic N) is 1. The monoisotopic (exact) mass is 285 g/mol. The van der Waals surface area contributed by atoms with Crippen molar-refractivity contribution in [1.82, 2.24) is 9.97 Å². The van der Waals surface area contributed by atoms with Crippen molar-refractivity contribution in [3.63, 3.8) is 0 Å². The lowest BCUT2D eigenvalue weighted by atomic mass is 9.92. The smallest absolute Gasteiger partial charge is 0.0457 e. The highest BCUT2D eigenvalue weighted by molar-refractivity contribution is 6.31. The van der Waals surface area contributed by atoms with Crippen LogP contribution in [0.4, 0.5) is 0 Å². The first kappa shape index (κ1) is 13.2. The second-order valence-corrected chi connectivity index (χ2v) is 5.37. The van der Waals surface area contributed by atoms with Crippen LogP contribution in [0.5, 0.6) is 0 Å². The van der Waals surface area contributed by atoms with Gasteiger partial charge in [-0.1, -0.05) is 17.7 Å². The number of halogens is 1. The summed E-state index contributed by atoms with van der Waals surface area (Å²) in [6.45, 7) is 0.592. The quantitative estimate of drug-likeness (QED) is 0.771. The molecule has 0 saturated heterocycles. The Bertz CT molecular complexity index is 706. The van der Waals surface area contributed by atoms with E-state index in [-0.39, 0.29) is 5.92 Å². The second kappa shape index (κ2) is 5.65. The molecular formula is C16H16ClN3. The van der Waals surface area contributed by atoms with Crippen LogP contribution >= 0.6 is 11.6 Å². The van der Waals surface area contributed by atoms with Gasteiger partial charge in [-0.25, -0.2) is 0 Å². The summed E-state index contributed by atoms with van der Waals surface area (Å²) >= 11 is 6.10. The zero-order valence-electron chi connectivity index (χ0n) is 11.0. The zero-order chi connectivity index (χ0) is 13.9. The number of rotatable bonds is 4. The molecule has 20 heavy (non-hydrogen) atoms. The van der Waals surface area contributed by atoms with Crippen LogP contribution in [0.2, 0.25) is 5.02 Å². The highest BCUT2D eigenvalue weighted by Gasteiger charge is 2.15. The summed E-state index contributed by atoms with van der Waals surface area (Å²) in [7, 11) is 0. The summed E-state index contributed by atoms with van der Waals surface area (Å²) in [6, 6.07) is 9.92. The molecule has 3 aromatic rings. The Morgan fingerprint density at radius 3 is 2.95 bits per heavy atom. The van der Waals surface area contributed by atoms with Gasteiger partial charge in [0.2, 0.25) is 0 Å². The summed E-state index contributed by atoms with van der Waals surface area (Å²) in [5.41, 5.74) is 9.48. The zero-order valence-corrected chi connectivity index (χ0v) is 11.8. The molecule has 3 N–H and O–H groups in total. The number of pyridine rings is 1. The Labute approximate surface area is 122 Å². The van der Waals surface area contributed by atoms with Crippen LogP contribution in [0, 0.1) is 0 Å². The molecule has 3 nitrogen and oxygen atoms in total. The van der Waals surface area contributed by atoms with E-state index in [0.29, 0.717) is 6.54 Å². The van der Waals surface area contributed by atoms with Gasteiger partial charge in [-0.05, 0) is 48.4 Å². The summed E-state index contributed by atoms with van der Waals surface area (Å²) in [4.78, 5) is 7.45. The van der Waals surface area contributed by atoms with Gasteiger partial charge in [-0.2, -0.15) is 0 Å². The van der Waals surface area contributed by atoms with Crippen LogP contribution < -0.4 is 5.73 Å². The third-order valence-corrected chi connectivity index (χ3v) is 3.84. The lowest BCUT2D eigenvalue weighted by molar-refractivity contribution is 0.697. The highest BCUT2D eigenvalue weighted by Crippen LogP contribution is 2.29. The van der Waals surface area contributed by atoms with E-state index < -0.39 is 0 Å². The Hall–Kier alpha value is -1.84. The molecule has 102 valence electrons. The molecule has 0 spiro atoms. The predicted octanol–water partition coefficient (Wildman–Crippen LogP) is 3.50. The van der Waals surface area contributed by atoms with Gasteiger partial charge in [0, 0.05) is 40.4 Å². The largest absolute Gasteiger partial charge is 0.361 e. The molecule has 4 heteroatoms. The minimum Gasteiger partial charge on any atom is -0.361 e. The summed E-state index contributed by atoms with van der Waals surface area (Å²) in [5, 5.41) is 1.90. The molecule has 1 atom stereocenters. The first-order valence-electron chi connectivity index (χ1n) is 6.63. The van der Waals surface area contributed by atoms with E-state index in [2.05, 4.69) is 16.0 Å². The number of fused-ring (bicyclic) bond motifs is 1. The molecule has 0 aliphatic carbocycles. The molecule has 1 unspecified atom stereocenters. The Kier molecular flexibility index (Phi) is 3.72. The van der Waals surface area contributed by atoms with Crippen molar-refractivity contribution < 1.29 is 0 Å². The number of benzene rings is 1. The van der Waals surface area contributed by atoms with E-state index in [1.54, 1.807) is 6.20 Å². The Morgan fingerprint density at radius 2 is 2.20 bits per heavy atom. The maximum atomic E-state index is 6.10. The molecule has 0 saturated carbocycles. The van der Waals surface area contributed by atoms with Crippen molar-refractivity contribution in [2.24, 2.45) is 5.73 Å². The molecule has 2 heterocycles. The Balaban J connectivity index is 1.97. The van der Waals surface area contributed by atoms with Crippen LogP contribution in [0.3, 0.4) is 0 Å². The van der Waals surface area contributed by atoms with Gasteiger partial charge >= 0.3 is 0 Å². The van der Waals surface area contributed by atoms with Crippen LogP contribution in [0.25, 0.3) is 10.9 Å². The first-order valence-corrected chi connectivity index (χ1v) is 7.01. The molecule has 0 aliphatic rings. The molecule has 1 aromatic carbocycles. The van der Waals surface area contributed by atoms with Gasteiger partial charge in [0.1, 0.15) is 0 Å². The van der Waals surface area contributed by atoms with E-state index in [9.17, 15) is 0 Å². The summed E-state index contributed by atoms with van der Waals surface area (Å²) in [5.74, 6) is 0.256. The number of hydrogen-bond acceptors (Lipinski definition) is 2. The van der Waals surface area contributed by atoms with E-state index >= 15 is 0 Å². The van der Waals surface area contributed by atoms with E-state index in [0.717, 1.165) is 22.3 Å². The number of H-pyrrole nitrogens is 1. The van der Waals surface area contributed by atoms with Gasteiger partial charge in [0.15, 0.2) is 0 Å². The fourth-order valence-corrected chi connectivity index (χ4v) is 2.75. The third-order valence-electron chi connectivity index (χ3n) is 3.61. The number of nitrogens with one attached hydrogen (secondary N) is 1. The third kappa shape index (κ3) is 2.55. The van der Waals surface area contributed by atoms with Crippen LogP contribution in [0.15, 0.2) is 48.9 Å². The normalized spacial score (nSPS) is 12.7. The minimum atomic E-state index is 0.256. The highest BCUT2D eigenvalue weighted by atomic mass is 35.5. The van der Waals surface area contributed by atoms with Crippen molar-refractivity contribution >= 4 is 22.5 Å². The van der Waals surface area contributed by atoms with E-state index in [1.165, 1.54) is 11.1 Å². The summed E-state index contributed by atoms with van der Waals surface area (Å²) < 4.78 is 0. The minimum absolute atomic E-state index is 0.256. The molecule has 0 amide bonds. The number of aromatic nitrogens is 2. The number of aromatic amines is 1. The van der Waals surface area contributed by atoms with Crippen molar-refractivity contribution in [2.75, 3.05) is 6.54 Å². The predicted molar refractivity (Wildman–Crippen MR) is 83.0 cm³/mol. The first-order chi connectivity index (χ1) is 9.78. The molecule has 0 radical (unpaired) electrons. The summed E-state index contributed by atoms with van der Waals surface area (Å²) in [6.07, 6.45) is 6.59. The van der Waals surface area contributed by atoms with Gasteiger partial charge in [-0.15, -0.1) is 0 Å². The molecule has 0 bridgehead atoms. The van der Waals surface area contributed by atoms with E-state index in [1.807, 2.05) is 36.7 Å². The average molecular weight is 286 g/mol. The second-order valence-electron chi connectivity index (χ2n) is 4.93. The van der Waals surface area contributed by atoms with Gasteiger partial charge in [0.25, 0.3) is 0 Å². The van der Waals surface area contributed by atoms with Gasteiger partial charge in [0.05, 0.1) is 0 Å². The van der Waals surface area contributed by atoms with Crippen LogP contribution in [-0.4, -0.2) is 16.5 Å². The molecule has 2 aromatic heterocycles. The Morgan fingerprint density at radius 1 is 1.30 bits per heavy atom. The maximum absolute atomic E-state index is 6.10. The molecule has 3 rings (SSSR count). The lowest BCUT2D eigenvalue weighted by Gasteiger charge is -2.14. The van der Waals surface area contributed by atoms with Crippen molar-refractivity contribution in [2.45, 2.75) is 12.3 Å². The standard InChI is InChI=1S/C16H16ClN3/c17-13-3-4-16-14(7-13)15(10-20-16)12(8-18)6-11-2-1-5-19-9-11/h1-5,7,9-10,12,20H,6,8,18H2. The van der Waals surface area contributed by atoms with Crippen LogP contribution in [0.1, 0.15) is 17.0 Å². The maximum Gasteiger partial charge on any atom is 0.0457 e. The van der Waals surface area contributed by atoms with Crippen LogP contribution in [-0.2, 0) is 6.42 Å². The molecule has 0 fully saturated rings. The topological polar surface area (TPSA) is 54.7 Å². The SMILES string of the molecule is NCC(Cc1cccnc1)c1c[nH]c2ccc(Cl)cc12. The van der Waals surface area contributed by atoms with Crippen molar-refractivity contribution in [1.29, 1.82) is 0 Å². The molecular weight excluding hydrogens is 270 g/mol. The average Bonchev–Trinajstić information content (AvgIpc) is 2.89. The van der Waals surface area contributed by atoms with E-state index in [4.69, 9.17) is 17.3 Å². The number of nitrogens with two attached hydrogens (primary N) is 1. The van der Waals surface area contributed by atoms with Crippen molar-refractivity contribution in [3.8, 4) is 0 Å². The van der Waals surface area contributed by atoms with Gasteiger partial charge in [-0.3, -0.25) is 4.98 Å². The fourth-order valence-electron chi connectivity index (χ4n) is 2.58. The molecule has 0 aliphatic heterocycles. The van der Waals surface area contributed by atoms with Crippen molar-refractivity contribution in [3.05, 3.63) is 65.1 Å². The lowest BCUT2D eigenvalue weighted by Crippen LogP contribution is -2.14.